The van der Waals surface area contributed by atoms with Crippen LogP contribution in [0.4, 0.5) is 0 Å². The Morgan fingerprint density at radius 1 is 1.19 bits per heavy atom. The lowest BCUT2D eigenvalue weighted by atomic mass is 10.1. The lowest BCUT2D eigenvalue weighted by Gasteiger charge is -2.02. The minimum atomic E-state index is 0.0357. The first-order chi connectivity index (χ1) is 7.58. The van der Waals surface area contributed by atoms with Gasteiger partial charge in [-0.05, 0) is 39.0 Å². The third kappa shape index (κ3) is 2.02. The van der Waals surface area contributed by atoms with Gasteiger partial charge >= 0.3 is 0 Å². The molecule has 4 heteroatoms. The predicted molar refractivity (Wildman–Crippen MR) is 64.0 cm³/mol. The van der Waals surface area contributed by atoms with Gasteiger partial charge in [-0.3, -0.25) is 4.79 Å². The Bertz CT molecular complexity index is 546. The summed E-state index contributed by atoms with van der Waals surface area (Å²) in [6.45, 7) is 5.63. The van der Waals surface area contributed by atoms with Gasteiger partial charge in [0.1, 0.15) is 0 Å². The van der Waals surface area contributed by atoms with Crippen molar-refractivity contribution in [2.75, 3.05) is 0 Å². The number of thiophene rings is 1. The Morgan fingerprint density at radius 3 is 2.56 bits per heavy atom. The van der Waals surface area contributed by atoms with E-state index in [9.17, 15) is 4.79 Å². The summed E-state index contributed by atoms with van der Waals surface area (Å²) < 4.78 is 0. The third-order valence-corrected chi connectivity index (χ3v) is 3.31. The number of hydrogen-bond acceptors (Lipinski definition) is 4. The molecule has 2 rings (SSSR count). The first-order valence-corrected chi connectivity index (χ1v) is 5.81. The molecule has 0 radical (unpaired) electrons. The van der Waals surface area contributed by atoms with Crippen LogP contribution in [0.1, 0.15) is 31.5 Å². The van der Waals surface area contributed by atoms with Crippen LogP contribution < -0.4 is 0 Å². The van der Waals surface area contributed by atoms with Crippen molar-refractivity contribution >= 4 is 17.1 Å². The fourth-order valence-corrected chi connectivity index (χ4v) is 2.29. The molecular formula is C12H12N2OS. The second kappa shape index (κ2) is 4.14. The smallest absolute Gasteiger partial charge is 0.204 e. The van der Waals surface area contributed by atoms with E-state index in [0.717, 1.165) is 15.4 Å². The first kappa shape index (κ1) is 11.0. The number of aryl methyl sites for hydroxylation is 3. The first-order valence-electron chi connectivity index (χ1n) is 5.00. The summed E-state index contributed by atoms with van der Waals surface area (Å²) in [5.41, 5.74) is 2.10. The molecular weight excluding hydrogens is 220 g/mol. The van der Waals surface area contributed by atoms with Crippen molar-refractivity contribution in [3.8, 4) is 0 Å². The lowest BCUT2D eigenvalue weighted by Crippen LogP contribution is -2.05. The number of carbonyl (C=O) groups excluding carboxylic acids is 1. The van der Waals surface area contributed by atoms with Crippen LogP contribution in [0.3, 0.4) is 0 Å². The van der Waals surface area contributed by atoms with Gasteiger partial charge in [0, 0.05) is 10.4 Å². The summed E-state index contributed by atoms with van der Waals surface area (Å²) >= 11 is 1.51. The van der Waals surface area contributed by atoms with Crippen molar-refractivity contribution < 1.29 is 4.79 Å². The minimum Gasteiger partial charge on any atom is -0.288 e. The average Bonchev–Trinajstić information content (AvgIpc) is 2.67. The Morgan fingerprint density at radius 2 is 1.94 bits per heavy atom. The molecule has 16 heavy (non-hydrogen) atoms. The highest BCUT2D eigenvalue weighted by Gasteiger charge is 2.14. The topological polar surface area (TPSA) is 42.9 Å². The molecule has 0 saturated carbocycles. The highest BCUT2D eigenvalue weighted by atomic mass is 32.1. The quantitative estimate of drug-likeness (QED) is 0.748. The van der Waals surface area contributed by atoms with Crippen LogP contribution in [0, 0.1) is 20.8 Å². The maximum Gasteiger partial charge on any atom is 0.204 e. The number of rotatable bonds is 2. The number of nitrogens with zero attached hydrogens (tertiary/aromatic N) is 2. The zero-order valence-corrected chi connectivity index (χ0v) is 10.3. The van der Waals surface area contributed by atoms with Crippen LogP contribution in [0.2, 0.25) is 0 Å². The van der Waals surface area contributed by atoms with Gasteiger partial charge in [0.2, 0.25) is 5.78 Å². The van der Waals surface area contributed by atoms with E-state index in [2.05, 4.69) is 10.2 Å². The summed E-state index contributed by atoms with van der Waals surface area (Å²) in [4.78, 5) is 14.1. The summed E-state index contributed by atoms with van der Waals surface area (Å²) in [5.74, 6) is 0.0357. The largest absolute Gasteiger partial charge is 0.288 e. The molecule has 82 valence electrons. The molecule has 2 aromatic heterocycles. The van der Waals surface area contributed by atoms with Crippen LogP contribution in [0.15, 0.2) is 18.2 Å². The fraction of sp³-hybridized carbons (Fsp3) is 0.250. The van der Waals surface area contributed by atoms with E-state index >= 15 is 0 Å². The third-order valence-electron chi connectivity index (χ3n) is 2.31. The number of carbonyl (C=O) groups is 1. The van der Waals surface area contributed by atoms with Crippen molar-refractivity contribution in [3.05, 3.63) is 44.9 Å². The Balaban J connectivity index is 2.45. The molecule has 0 spiro atoms. The summed E-state index contributed by atoms with van der Waals surface area (Å²) in [5, 5.41) is 7.89. The van der Waals surface area contributed by atoms with E-state index in [4.69, 9.17) is 0 Å². The van der Waals surface area contributed by atoms with E-state index in [1.807, 2.05) is 26.0 Å². The summed E-state index contributed by atoms with van der Waals surface area (Å²) in [7, 11) is 0. The van der Waals surface area contributed by atoms with E-state index in [1.54, 1.807) is 13.0 Å². The molecule has 3 nitrogen and oxygen atoms in total. The standard InChI is InChI=1S/C12H12N2OS/c1-7-6-10(9(3)14-13-7)12(15)11-5-4-8(2)16-11/h4-6H,1-3H3. The van der Waals surface area contributed by atoms with Crippen molar-refractivity contribution in [2.24, 2.45) is 0 Å². The summed E-state index contributed by atoms with van der Waals surface area (Å²) in [6, 6.07) is 5.60. The minimum absolute atomic E-state index is 0.0357. The number of aromatic nitrogens is 2. The van der Waals surface area contributed by atoms with Gasteiger partial charge in [0.25, 0.3) is 0 Å². The molecule has 0 fully saturated rings. The molecule has 0 aliphatic rings. The van der Waals surface area contributed by atoms with Crippen LogP contribution in [0.25, 0.3) is 0 Å². The molecule has 2 aromatic rings. The molecule has 0 atom stereocenters. The van der Waals surface area contributed by atoms with E-state index in [-0.39, 0.29) is 5.78 Å². The molecule has 0 amide bonds. The Kier molecular flexibility index (Phi) is 2.83. The van der Waals surface area contributed by atoms with Gasteiger partial charge < -0.3 is 0 Å². The zero-order chi connectivity index (χ0) is 11.7. The average molecular weight is 232 g/mol. The van der Waals surface area contributed by atoms with Gasteiger partial charge in [0.15, 0.2) is 0 Å². The van der Waals surface area contributed by atoms with Gasteiger partial charge in [-0.25, -0.2) is 0 Å². The molecule has 0 bridgehead atoms. The van der Waals surface area contributed by atoms with Crippen molar-refractivity contribution in [2.45, 2.75) is 20.8 Å². The number of ketones is 1. The van der Waals surface area contributed by atoms with E-state index in [0.29, 0.717) is 11.3 Å². The lowest BCUT2D eigenvalue weighted by molar-refractivity contribution is 0.104. The highest BCUT2D eigenvalue weighted by Crippen LogP contribution is 2.20. The van der Waals surface area contributed by atoms with Crippen LogP contribution in [-0.2, 0) is 0 Å². The molecule has 0 saturated heterocycles. The van der Waals surface area contributed by atoms with Crippen molar-refractivity contribution in [1.82, 2.24) is 10.2 Å². The summed E-state index contributed by atoms with van der Waals surface area (Å²) in [6.07, 6.45) is 0. The van der Waals surface area contributed by atoms with Crippen LogP contribution in [-0.4, -0.2) is 16.0 Å². The molecule has 0 N–H and O–H groups in total. The molecule has 2 heterocycles. The Labute approximate surface area is 98.2 Å². The Hall–Kier alpha value is -1.55. The predicted octanol–water partition coefficient (Wildman–Crippen LogP) is 2.69. The highest BCUT2D eigenvalue weighted by molar-refractivity contribution is 7.14. The maximum absolute atomic E-state index is 12.2. The van der Waals surface area contributed by atoms with Gasteiger partial charge in [-0.1, -0.05) is 0 Å². The molecule has 0 unspecified atom stereocenters. The van der Waals surface area contributed by atoms with Crippen molar-refractivity contribution in [1.29, 1.82) is 0 Å². The molecule has 0 aliphatic carbocycles. The van der Waals surface area contributed by atoms with E-state index in [1.165, 1.54) is 11.3 Å². The molecule has 0 aliphatic heterocycles. The van der Waals surface area contributed by atoms with Crippen molar-refractivity contribution in [3.63, 3.8) is 0 Å². The zero-order valence-electron chi connectivity index (χ0n) is 9.44. The van der Waals surface area contributed by atoms with Gasteiger partial charge in [-0.2, -0.15) is 10.2 Å². The second-order valence-electron chi connectivity index (χ2n) is 3.72. The maximum atomic E-state index is 12.2. The van der Waals surface area contributed by atoms with Crippen LogP contribution in [0.5, 0.6) is 0 Å². The number of hydrogen-bond donors (Lipinski definition) is 0. The molecule has 0 aromatic carbocycles. The van der Waals surface area contributed by atoms with Crippen LogP contribution >= 0.6 is 11.3 Å². The van der Waals surface area contributed by atoms with Gasteiger partial charge in [-0.15, -0.1) is 11.3 Å². The van der Waals surface area contributed by atoms with E-state index < -0.39 is 0 Å². The normalized spacial score (nSPS) is 10.4. The monoisotopic (exact) mass is 232 g/mol. The fourth-order valence-electron chi connectivity index (χ4n) is 1.47. The second-order valence-corrected chi connectivity index (χ2v) is 5.01. The van der Waals surface area contributed by atoms with Gasteiger partial charge in [0.05, 0.1) is 16.3 Å². The SMILES string of the molecule is Cc1cc(C(=O)c2ccc(C)s2)c(C)nn1.